The van der Waals surface area contributed by atoms with E-state index in [1.165, 1.54) is 16.6 Å². The van der Waals surface area contributed by atoms with Crippen LogP contribution in [0.25, 0.3) is 0 Å². The maximum Gasteiger partial charge on any atom is 0.0511 e. The summed E-state index contributed by atoms with van der Waals surface area (Å²) in [5.41, 5.74) is 1.52. The Bertz CT molecular complexity index is 440. The lowest BCUT2D eigenvalue weighted by atomic mass is 10.1. The van der Waals surface area contributed by atoms with Gasteiger partial charge in [-0.2, -0.15) is 0 Å². The molecule has 1 aliphatic rings. The third-order valence-corrected chi connectivity index (χ3v) is 4.59. The Labute approximate surface area is 133 Å². The highest BCUT2D eigenvalue weighted by Gasteiger charge is 2.24. The maximum atomic E-state index is 3.66. The van der Waals surface area contributed by atoms with Crippen LogP contribution in [0.3, 0.4) is 0 Å². The number of anilines is 1. The molecule has 2 nitrogen and oxygen atoms in total. The molecule has 1 aromatic carbocycles. The Morgan fingerprint density at radius 1 is 1.32 bits per heavy atom. The fraction of sp³-hybridized carbons (Fsp3) is 0.600. The van der Waals surface area contributed by atoms with E-state index in [1.54, 1.807) is 0 Å². The van der Waals surface area contributed by atoms with Crippen molar-refractivity contribution in [2.75, 3.05) is 24.5 Å². The van der Waals surface area contributed by atoms with E-state index in [1.807, 2.05) is 0 Å². The van der Waals surface area contributed by atoms with Gasteiger partial charge in [-0.3, -0.25) is 0 Å². The fourth-order valence-corrected chi connectivity index (χ4v) is 3.70. The normalized spacial score (nSPS) is 20.1. The molecule has 1 heterocycles. The SMILES string of the molecule is CC(C)(C)NCC1CCN(c2ccc(Br)cc2Br)C1. The summed E-state index contributed by atoms with van der Waals surface area (Å²) in [5, 5.41) is 3.61. The quantitative estimate of drug-likeness (QED) is 0.822. The number of halogens is 2. The highest BCUT2D eigenvalue weighted by Crippen LogP contribution is 2.32. The van der Waals surface area contributed by atoms with Crippen LogP contribution >= 0.6 is 31.9 Å². The zero-order chi connectivity index (χ0) is 14.0. The molecule has 1 aromatic rings. The van der Waals surface area contributed by atoms with Crippen LogP contribution in [0.15, 0.2) is 27.1 Å². The molecule has 1 atom stereocenters. The highest BCUT2D eigenvalue weighted by molar-refractivity contribution is 9.11. The molecule has 1 unspecified atom stereocenters. The molecule has 0 saturated carbocycles. The summed E-state index contributed by atoms with van der Waals surface area (Å²) in [5.74, 6) is 0.745. The minimum atomic E-state index is 0.214. The van der Waals surface area contributed by atoms with Crippen molar-refractivity contribution in [3.05, 3.63) is 27.1 Å². The largest absolute Gasteiger partial charge is 0.370 e. The predicted molar refractivity (Wildman–Crippen MR) is 89.9 cm³/mol. The molecule has 0 aliphatic carbocycles. The Kier molecular flexibility index (Phi) is 4.96. The van der Waals surface area contributed by atoms with Gasteiger partial charge >= 0.3 is 0 Å². The average Bonchev–Trinajstić information content (AvgIpc) is 2.74. The van der Waals surface area contributed by atoms with Crippen LogP contribution in [-0.2, 0) is 0 Å². The molecule has 0 aromatic heterocycles. The Balaban J connectivity index is 1.94. The molecule has 4 heteroatoms. The second-order valence-corrected chi connectivity index (χ2v) is 8.10. The van der Waals surface area contributed by atoms with Crippen molar-refractivity contribution in [2.24, 2.45) is 5.92 Å². The highest BCUT2D eigenvalue weighted by atomic mass is 79.9. The lowest BCUT2D eigenvalue weighted by molar-refractivity contribution is 0.383. The lowest BCUT2D eigenvalue weighted by Crippen LogP contribution is -2.39. The van der Waals surface area contributed by atoms with E-state index in [0.717, 1.165) is 30.0 Å². The van der Waals surface area contributed by atoms with Gasteiger partial charge in [-0.15, -0.1) is 0 Å². The summed E-state index contributed by atoms with van der Waals surface area (Å²) in [4.78, 5) is 2.48. The van der Waals surface area contributed by atoms with Crippen molar-refractivity contribution in [3.63, 3.8) is 0 Å². The molecule has 2 rings (SSSR count). The summed E-state index contributed by atoms with van der Waals surface area (Å²) in [6, 6.07) is 6.42. The van der Waals surface area contributed by atoms with Crippen molar-refractivity contribution in [1.29, 1.82) is 0 Å². The molecule has 0 amide bonds. The molecule has 1 aliphatic heterocycles. The van der Waals surface area contributed by atoms with Gasteiger partial charge in [0.2, 0.25) is 0 Å². The topological polar surface area (TPSA) is 15.3 Å². The van der Waals surface area contributed by atoms with Gasteiger partial charge in [0.25, 0.3) is 0 Å². The molecule has 1 N–H and O–H groups in total. The van der Waals surface area contributed by atoms with Crippen LogP contribution in [0.5, 0.6) is 0 Å². The molecule has 19 heavy (non-hydrogen) atoms. The zero-order valence-corrected chi connectivity index (χ0v) is 15.0. The first-order chi connectivity index (χ1) is 8.85. The number of benzene rings is 1. The number of hydrogen-bond donors (Lipinski definition) is 1. The fourth-order valence-electron chi connectivity index (χ4n) is 2.41. The van der Waals surface area contributed by atoms with Crippen molar-refractivity contribution in [1.82, 2.24) is 5.32 Å². The Morgan fingerprint density at radius 3 is 2.68 bits per heavy atom. The third kappa shape index (κ3) is 4.47. The summed E-state index contributed by atoms with van der Waals surface area (Å²) in [6.45, 7) is 10.1. The average molecular weight is 390 g/mol. The smallest absolute Gasteiger partial charge is 0.0511 e. The van der Waals surface area contributed by atoms with E-state index >= 15 is 0 Å². The van der Waals surface area contributed by atoms with Crippen LogP contribution in [0, 0.1) is 5.92 Å². The van der Waals surface area contributed by atoms with Gasteiger partial charge in [0.05, 0.1) is 5.69 Å². The Hall–Kier alpha value is -0.0600. The van der Waals surface area contributed by atoms with E-state index in [0.29, 0.717) is 0 Å². The number of hydrogen-bond acceptors (Lipinski definition) is 2. The Morgan fingerprint density at radius 2 is 2.05 bits per heavy atom. The summed E-state index contributed by atoms with van der Waals surface area (Å²) < 4.78 is 2.29. The molecule has 0 spiro atoms. The molecular weight excluding hydrogens is 368 g/mol. The summed E-state index contributed by atoms with van der Waals surface area (Å²) in [6.07, 6.45) is 1.27. The van der Waals surface area contributed by atoms with Gasteiger partial charge in [0.15, 0.2) is 0 Å². The molecule has 0 radical (unpaired) electrons. The first-order valence-electron chi connectivity index (χ1n) is 6.80. The van der Waals surface area contributed by atoms with Gasteiger partial charge in [-0.25, -0.2) is 0 Å². The first-order valence-corrected chi connectivity index (χ1v) is 8.39. The predicted octanol–water partition coefficient (Wildman–Crippen LogP) is 4.43. The number of nitrogens with one attached hydrogen (secondary N) is 1. The van der Waals surface area contributed by atoms with Crippen LogP contribution in [0.4, 0.5) is 5.69 Å². The van der Waals surface area contributed by atoms with E-state index in [2.05, 4.69) is 81.0 Å². The third-order valence-electron chi connectivity index (χ3n) is 3.46. The van der Waals surface area contributed by atoms with Crippen molar-refractivity contribution in [3.8, 4) is 0 Å². The molecule has 106 valence electrons. The molecule has 1 fully saturated rings. The second kappa shape index (κ2) is 6.15. The van der Waals surface area contributed by atoms with Crippen LogP contribution in [0.1, 0.15) is 27.2 Å². The van der Waals surface area contributed by atoms with Crippen molar-refractivity contribution in [2.45, 2.75) is 32.7 Å². The minimum absolute atomic E-state index is 0.214. The van der Waals surface area contributed by atoms with E-state index in [9.17, 15) is 0 Å². The second-order valence-electron chi connectivity index (χ2n) is 6.33. The van der Waals surface area contributed by atoms with Gasteiger partial charge in [0, 0.05) is 34.1 Å². The number of rotatable bonds is 3. The van der Waals surface area contributed by atoms with Gasteiger partial charge in [-0.05, 0) is 67.2 Å². The molecular formula is C15H22Br2N2. The summed E-state index contributed by atoms with van der Waals surface area (Å²) in [7, 11) is 0. The van der Waals surface area contributed by atoms with Crippen LogP contribution < -0.4 is 10.2 Å². The summed E-state index contributed by atoms with van der Waals surface area (Å²) >= 11 is 7.17. The monoisotopic (exact) mass is 388 g/mol. The first kappa shape index (κ1) is 15.3. The van der Waals surface area contributed by atoms with Gasteiger partial charge in [-0.1, -0.05) is 15.9 Å². The minimum Gasteiger partial charge on any atom is -0.370 e. The zero-order valence-electron chi connectivity index (χ0n) is 11.8. The van der Waals surface area contributed by atoms with E-state index in [4.69, 9.17) is 0 Å². The standard InChI is InChI=1S/C15H22Br2N2/c1-15(2,3)18-9-11-6-7-19(10-11)14-5-4-12(16)8-13(14)17/h4-5,8,11,18H,6-7,9-10H2,1-3H3. The van der Waals surface area contributed by atoms with Gasteiger partial charge < -0.3 is 10.2 Å². The molecule has 0 bridgehead atoms. The lowest BCUT2D eigenvalue weighted by Gasteiger charge is -2.24. The van der Waals surface area contributed by atoms with Crippen molar-refractivity contribution >= 4 is 37.5 Å². The number of nitrogens with zero attached hydrogens (tertiary/aromatic N) is 1. The molecule has 1 saturated heterocycles. The van der Waals surface area contributed by atoms with Crippen molar-refractivity contribution < 1.29 is 0 Å². The van der Waals surface area contributed by atoms with E-state index in [-0.39, 0.29) is 5.54 Å². The van der Waals surface area contributed by atoms with Gasteiger partial charge in [0.1, 0.15) is 0 Å². The van der Waals surface area contributed by atoms with E-state index < -0.39 is 0 Å². The van der Waals surface area contributed by atoms with Crippen LogP contribution in [-0.4, -0.2) is 25.2 Å². The van der Waals surface area contributed by atoms with Crippen LogP contribution in [0.2, 0.25) is 0 Å². The maximum absolute atomic E-state index is 3.66.